The number of rotatable bonds is 9. The van der Waals surface area contributed by atoms with Gasteiger partial charge in [-0.3, -0.25) is 9.59 Å². The van der Waals surface area contributed by atoms with Gasteiger partial charge in [-0.15, -0.1) is 0 Å². The minimum absolute atomic E-state index is 0.0298. The highest BCUT2D eigenvalue weighted by Gasteiger charge is 2.20. The third-order valence-electron chi connectivity index (χ3n) is 4.99. The van der Waals surface area contributed by atoms with Crippen molar-refractivity contribution < 1.29 is 9.59 Å². The van der Waals surface area contributed by atoms with Crippen LogP contribution in [-0.4, -0.2) is 33.7 Å². The Bertz CT molecular complexity index is 983. The number of hydrogen-bond donors (Lipinski definition) is 4. The average molecular weight is 393 g/mol. The van der Waals surface area contributed by atoms with Gasteiger partial charge in [0.2, 0.25) is 5.91 Å². The highest BCUT2D eigenvalue weighted by atomic mass is 16.2. The second kappa shape index (κ2) is 9.34. The molecule has 1 heterocycles. The first-order chi connectivity index (χ1) is 13.9. The van der Waals surface area contributed by atoms with Gasteiger partial charge in [-0.05, 0) is 49.4 Å². The number of aromatic amines is 1. The summed E-state index contributed by atoms with van der Waals surface area (Å²) in [4.78, 5) is 31.9. The number of hydrogen-bond acceptors (Lipinski definition) is 5. The molecule has 0 aliphatic heterocycles. The number of aryl methyl sites for hydroxylation is 2. The highest BCUT2D eigenvalue weighted by Crippen LogP contribution is 2.16. The van der Waals surface area contributed by atoms with Crippen molar-refractivity contribution >= 4 is 28.7 Å². The van der Waals surface area contributed by atoms with Crippen molar-refractivity contribution in [1.29, 1.82) is 0 Å². The number of nitrogens with one attached hydrogen (secondary N) is 2. The van der Waals surface area contributed by atoms with E-state index >= 15 is 0 Å². The molecule has 0 aliphatic carbocycles. The Morgan fingerprint density at radius 2 is 1.86 bits per heavy atom. The molecule has 0 radical (unpaired) electrons. The predicted molar refractivity (Wildman–Crippen MR) is 114 cm³/mol. The quantitative estimate of drug-likeness (QED) is 0.443. The molecular weight excluding hydrogens is 366 g/mol. The first-order valence-electron chi connectivity index (χ1n) is 9.79. The average Bonchev–Trinajstić information content (AvgIpc) is 3.10. The van der Waals surface area contributed by atoms with Crippen molar-refractivity contribution in [2.24, 2.45) is 5.73 Å². The first-order valence-corrected chi connectivity index (χ1v) is 9.79. The molecule has 2 aromatic carbocycles. The number of aromatic nitrogens is 2. The Labute approximate surface area is 169 Å². The Balaban J connectivity index is 1.45. The molecule has 3 rings (SSSR count). The second-order valence-electron chi connectivity index (χ2n) is 7.30. The zero-order chi connectivity index (χ0) is 20.8. The Morgan fingerprint density at radius 1 is 1.10 bits per heavy atom. The van der Waals surface area contributed by atoms with E-state index < -0.39 is 12.1 Å². The van der Waals surface area contributed by atoms with Crippen LogP contribution in [0.25, 0.3) is 11.0 Å². The molecule has 1 aromatic heterocycles. The number of nitrogens with zero attached hydrogens (tertiary/aromatic N) is 1. The highest BCUT2D eigenvalue weighted by molar-refractivity contribution is 5.90. The van der Waals surface area contributed by atoms with Crippen molar-refractivity contribution in [3.05, 3.63) is 59.7 Å². The lowest BCUT2D eigenvalue weighted by Gasteiger charge is -2.17. The lowest BCUT2D eigenvalue weighted by molar-refractivity contribution is -0.128. The van der Waals surface area contributed by atoms with Crippen LogP contribution in [0.2, 0.25) is 0 Å². The first kappa shape index (κ1) is 20.5. The Hall–Kier alpha value is -3.19. The van der Waals surface area contributed by atoms with Crippen LogP contribution < -0.4 is 16.8 Å². The fourth-order valence-corrected chi connectivity index (χ4v) is 3.21. The van der Waals surface area contributed by atoms with Crippen LogP contribution in [0.5, 0.6) is 0 Å². The number of imidazole rings is 1. The molecule has 0 bridgehead atoms. The predicted octanol–water partition coefficient (Wildman–Crippen LogP) is 2.11. The number of carbonyl (C=O) groups excluding carboxylic acids is 2. The number of ketones is 1. The molecule has 0 aliphatic rings. The van der Waals surface area contributed by atoms with Gasteiger partial charge in [-0.1, -0.05) is 36.4 Å². The molecule has 0 unspecified atom stereocenters. The van der Waals surface area contributed by atoms with Crippen molar-refractivity contribution in [2.45, 2.75) is 44.7 Å². The van der Waals surface area contributed by atoms with E-state index in [-0.39, 0.29) is 11.7 Å². The molecule has 0 fully saturated rings. The number of nitrogen functional groups attached to an aromatic ring is 1. The van der Waals surface area contributed by atoms with Crippen LogP contribution in [-0.2, 0) is 22.4 Å². The minimum atomic E-state index is -0.640. The van der Waals surface area contributed by atoms with E-state index in [1.54, 1.807) is 6.92 Å². The molecule has 7 nitrogen and oxygen atoms in total. The van der Waals surface area contributed by atoms with Gasteiger partial charge >= 0.3 is 0 Å². The molecule has 3 aromatic rings. The largest absolute Gasteiger partial charge is 0.369 e. The Morgan fingerprint density at radius 3 is 2.62 bits per heavy atom. The standard InChI is InChI=1S/C22H27N5O2/c1-14(25-21(29)17(23)10-7-15-5-3-2-4-6-15)20(28)12-9-16-8-11-18-19(13-16)27-22(24)26-18/h2-6,8,11,13-14,17H,7,9-10,12,23H2,1H3,(H,25,29)(H3,24,26,27)/t14-,17-/m1/s1. The summed E-state index contributed by atoms with van der Waals surface area (Å²) >= 11 is 0. The molecule has 29 heavy (non-hydrogen) atoms. The smallest absolute Gasteiger partial charge is 0.237 e. The van der Waals surface area contributed by atoms with Gasteiger partial charge in [0.05, 0.1) is 23.1 Å². The molecular formula is C22H27N5O2. The van der Waals surface area contributed by atoms with Gasteiger partial charge in [0.25, 0.3) is 0 Å². The monoisotopic (exact) mass is 393 g/mol. The maximum atomic E-state index is 12.4. The molecule has 152 valence electrons. The lowest BCUT2D eigenvalue weighted by atomic mass is 10.0. The zero-order valence-corrected chi connectivity index (χ0v) is 16.5. The van der Waals surface area contributed by atoms with E-state index in [1.165, 1.54) is 0 Å². The number of amides is 1. The number of fused-ring (bicyclic) bond motifs is 1. The number of anilines is 1. The topological polar surface area (TPSA) is 127 Å². The molecule has 0 saturated heterocycles. The summed E-state index contributed by atoms with van der Waals surface area (Å²) in [6.45, 7) is 1.70. The van der Waals surface area contributed by atoms with Crippen LogP contribution in [0.15, 0.2) is 48.5 Å². The zero-order valence-electron chi connectivity index (χ0n) is 16.5. The van der Waals surface area contributed by atoms with Gasteiger partial charge in [0, 0.05) is 6.42 Å². The van der Waals surface area contributed by atoms with Crippen molar-refractivity contribution in [1.82, 2.24) is 15.3 Å². The number of H-pyrrole nitrogens is 1. The fraction of sp³-hybridized carbons (Fsp3) is 0.318. The molecule has 2 atom stereocenters. The summed E-state index contributed by atoms with van der Waals surface area (Å²) in [5.41, 5.74) is 15.4. The summed E-state index contributed by atoms with van der Waals surface area (Å²) in [6.07, 6.45) is 2.16. The van der Waals surface area contributed by atoms with E-state index in [4.69, 9.17) is 11.5 Å². The van der Waals surface area contributed by atoms with Crippen LogP contribution in [0.3, 0.4) is 0 Å². The van der Waals surface area contributed by atoms with Gasteiger partial charge in [-0.2, -0.15) is 0 Å². The summed E-state index contributed by atoms with van der Waals surface area (Å²) < 4.78 is 0. The summed E-state index contributed by atoms with van der Waals surface area (Å²) in [5.74, 6) is 0.0436. The van der Waals surface area contributed by atoms with Crippen LogP contribution >= 0.6 is 0 Å². The van der Waals surface area contributed by atoms with Crippen LogP contribution in [0.1, 0.15) is 30.9 Å². The normalized spacial score (nSPS) is 13.2. The molecule has 0 saturated carbocycles. The maximum absolute atomic E-state index is 12.4. The van der Waals surface area contributed by atoms with Gasteiger partial charge in [0.1, 0.15) is 0 Å². The van der Waals surface area contributed by atoms with Gasteiger partial charge < -0.3 is 21.8 Å². The van der Waals surface area contributed by atoms with Crippen LogP contribution in [0, 0.1) is 0 Å². The second-order valence-corrected chi connectivity index (χ2v) is 7.30. The molecule has 0 spiro atoms. The van der Waals surface area contributed by atoms with E-state index in [0.29, 0.717) is 25.2 Å². The van der Waals surface area contributed by atoms with Crippen molar-refractivity contribution in [3.8, 4) is 0 Å². The van der Waals surface area contributed by atoms with Gasteiger partial charge in [-0.25, -0.2) is 4.98 Å². The molecule has 7 heteroatoms. The number of nitrogens with two attached hydrogens (primary N) is 2. The maximum Gasteiger partial charge on any atom is 0.237 e. The third-order valence-corrected chi connectivity index (χ3v) is 4.99. The Kier molecular flexibility index (Phi) is 6.61. The lowest BCUT2D eigenvalue weighted by Crippen LogP contribution is -2.47. The van der Waals surface area contributed by atoms with E-state index in [1.807, 2.05) is 48.5 Å². The fourth-order valence-electron chi connectivity index (χ4n) is 3.21. The third kappa shape index (κ3) is 5.65. The molecule has 1 amide bonds. The summed E-state index contributed by atoms with van der Waals surface area (Å²) in [7, 11) is 0. The van der Waals surface area contributed by atoms with E-state index in [9.17, 15) is 9.59 Å². The summed E-state index contributed by atoms with van der Waals surface area (Å²) in [5, 5.41) is 2.74. The SMILES string of the molecule is C[C@@H](NC(=O)[C@H](N)CCc1ccccc1)C(=O)CCc1ccc2nc(N)[nH]c2c1. The van der Waals surface area contributed by atoms with Crippen molar-refractivity contribution in [3.63, 3.8) is 0 Å². The minimum Gasteiger partial charge on any atom is -0.369 e. The van der Waals surface area contributed by atoms with E-state index in [0.717, 1.165) is 28.6 Å². The molecule has 6 N–H and O–H groups in total. The number of benzene rings is 2. The van der Waals surface area contributed by atoms with Crippen molar-refractivity contribution in [2.75, 3.05) is 5.73 Å². The van der Waals surface area contributed by atoms with Gasteiger partial charge in [0.15, 0.2) is 11.7 Å². The summed E-state index contributed by atoms with van der Waals surface area (Å²) in [6, 6.07) is 14.4. The number of Topliss-reactive ketones (excluding diaryl/α,β-unsaturated/α-hetero) is 1. The van der Waals surface area contributed by atoms with Crippen LogP contribution in [0.4, 0.5) is 5.95 Å². The number of carbonyl (C=O) groups is 2. The van der Waals surface area contributed by atoms with E-state index in [2.05, 4.69) is 15.3 Å².